The van der Waals surface area contributed by atoms with Gasteiger partial charge in [-0.05, 0) is 49.2 Å². The lowest BCUT2D eigenvalue weighted by Crippen LogP contribution is -2.52. The summed E-state index contributed by atoms with van der Waals surface area (Å²) < 4.78 is 60.1. The van der Waals surface area contributed by atoms with E-state index in [1.165, 1.54) is 6.07 Å². The maximum atomic E-state index is 13.8. The van der Waals surface area contributed by atoms with Gasteiger partial charge in [-0.15, -0.1) is 13.2 Å². The number of ether oxygens (including phenoxy) is 2. The Hall–Kier alpha value is -3.50. The van der Waals surface area contributed by atoms with E-state index < -0.39 is 17.9 Å². The van der Waals surface area contributed by atoms with E-state index in [1.54, 1.807) is 6.20 Å². The van der Waals surface area contributed by atoms with Crippen molar-refractivity contribution in [3.63, 3.8) is 0 Å². The number of nitrogens with one attached hydrogen (secondary N) is 1. The molecule has 0 radical (unpaired) electrons. The van der Waals surface area contributed by atoms with Gasteiger partial charge >= 0.3 is 6.36 Å². The number of aromatic nitrogens is 2. The third-order valence-corrected chi connectivity index (χ3v) is 6.28. The Morgan fingerprint density at radius 2 is 1.84 bits per heavy atom. The fourth-order valence-electron chi connectivity index (χ4n) is 4.43. The van der Waals surface area contributed by atoms with Crippen molar-refractivity contribution in [1.82, 2.24) is 15.3 Å². The highest BCUT2D eigenvalue weighted by molar-refractivity contribution is 6.09. The molecule has 0 amide bonds. The van der Waals surface area contributed by atoms with E-state index in [4.69, 9.17) is 9.72 Å². The van der Waals surface area contributed by atoms with E-state index in [1.807, 2.05) is 30.5 Å². The van der Waals surface area contributed by atoms with E-state index in [-0.39, 0.29) is 6.10 Å². The van der Waals surface area contributed by atoms with Crippen LogP contribution in [0.5, 0.6) is 5.75 Å². The molecule has 1 fully saturated rings. The topological polar surface area (TPSA) is 59.5 Å². The van der Waals surface area contributed by atoms with Crippen LogP contribution in [-0.2, 0) is 11.3 Å². The van der Waals surface area contributed by atoms with Crippen LogP contribution in [0.3, 0.4) is 0 Å². The summed E-state index contributed by atoms with van der Waals surface area (Å²) in [7, 11) is 0. The molecule has 0 aliphatic carbocycles. The number of hydrogen-bond donors (Lipinski definition) is 1. The quantitative estimate of drug-likeness (QED) is 0.169. The lowest BCUT2D eigenvalue weighted by Gasteiger charge is -2.40. The molecule has 1 aliphatic rings. The average Bonchev–Trinajstić information content (AvgIpc) is 2.85. The van der Waals surface area contributed by atoms with Crippen LogP contribution in [0.25, 0.3) is 21.7 Å². The predicted molar refractivity (Wildman–Crippen MR) is 133 cm³/mol. The molecule has 0 bridgehead atoms. The number of unbranched alkanes of at least 4 members (excludes halogenated alkanes) is 1. The molecule has 1 saturated heterocycles. The molecular formula is C27H26F4N4O2. The number of alkyl halides is 3. The number of anilines is 1. The van der Waals surface area contributed by atoms with Crippen LogP contribution in [0.1, 0.15) is 18.4 Å². The summed E-state index contributed by atoms with van der Waals surface area (Å²) in [6.45, 7) is 3.23. The van der Waals surface area contributed by atoms with Gasteiger partial charge in [-0.1, -0.05) is 24.3 Å². The molecule has 2 aromatic heterocycles. The molecule has 0 unspecified atom stereocenters. The van der Waals surface area contributed by atoms with Crippen LogP contribution in [0, 0.1) is 5.82 Å². The molecule has 1 N–H and O–H groups in total. The van der Waals surface area contributed by atoms with Crippen molar-refractivity contribution in [2.45, 2.75) is 31.9 Å². The van der Waals surface area contributed by atoms with Gasteiger partial charge in [0, 0.05) is 54.8 Å². The average molecular weight is 515 g/mol. The Bertz CT molecular complexity index is 1380. The molecule has 10 heteroatoms. The van der Waals surface area contributed by atoms with E-state index in [0.29, 0.717) is 25.3 Å². The number of nitrogens with zero attached hydrogens (tertiary/aromatic N) is 3. The molecule has 0 atom stereocenters. The molecule has 37 heavy (non-hydrogen) atoms. The maximum absolute atomic E-state index is 13.8. The zero-order valence-corrected chi connectivity index (χ0v) is 20.0. The summed E-state index contributed by atoms with van der Waals surface area (Å²) >= 11 is 0. The highest BCUT2D eigenvalue weighted by Gasteiger charge is 2.32. The summed E-state index contributed by atoms with van der Waals surface area (Å²) in [6.07, 6.45) is 0.631. The Morgan fingerprint density at radius 3 is 2.65 bits per heavy atom. The second kappa shape index (κ2) is 10.9. The van der Waals surface area contributed by atoms with E-state index in [2.05, 4.69) is 26.0 Å². The normalized spacial score (nSPS) is 14.3. The number of para-hydroxylation sites is 1. The monoisotopic (exact) mass is 514 g/mol. The van der Waals surface area contributed by atoms with Gasteiger partial charge in [0.15, 0.2) is 11.6 Å². The highest BCUT2D eigenvalue weighted by atomic mass is 19.4. The summed E-state index contributed by atoms with van der Waals surface area (Å²) in [4.78, 5) is 11.4. The second-order valence-electron chi connectivity index (χ2n) is 8.97. The zero-order chi connectivity index (χ0) is 25.8. The van der Waals surface area contributed by atoms with Gasteiger partial charge in [-0.2, -0.15) is 0 Å². The van der Waals surface area contributed by atoms with Gasteiger partial charge < -0.3 is 19.7 Å². The molecular weight excluding hydrogens is 488 g/mol. The Balaban J connectivity index is 1.02. The second-order valence-corrected chi connectivity index (χ2v) is 8.97. The van der Waals surface area contributed by atoms with Gasteiger partial charge in [0.25, 0.3) is 0 Å². The third-order valence-electron chi connectivity index (χ3n) is 6.28. The molecule has 194 valence electrons. The molecule has 5 rings (SSSR count). The fourth-order valence-corrected chi connectivity index (χ4v) is 4.43. The lowest BCUT2D eigenvalue weighted by molar-refractivity contribution is -0.275. The van der Waals surface area contributed by atoms with Crippen molar-refractivity contribution in [2.75, 3.05) is 31.1 Å². The maximum Gasteiger partial charge on any atom is 0.573 e. The first-order valence-electron chi connectivity index (χ1n) is 12.1. The van der Waals surface area contributed by atoms with Gasteiger partial charge in [0.2, 0.25) is 0 Å². The Labute approximate surface area is 211 Å². The molecule has 6 nitrogen and oxygen atoms in total. The van der Waals surface area contributed by atoms with Crippen LogP contribution in [0.4, 0.5) is 23.4 Å². The third kappa shape index (κ3) is 6.08. The molecule has 4 aromatic rings. The van der Waals surface area contributed by atoms with Crippen molar-refractivity contribution >= 4 is 27.5 Å². The van der Waals surface area contributed by atoms with Crippen LogP contribution in [0.15, 0.2) is 60.9 Å². The van der Waals surface area contributed by atoms with E-state index in [9.17, 15) is 17.6 Å². The summed E-state index contributed by atoms with van der Waals surface area (Å²) in [5.41, 5.74) is 1.49. The largest absolute Gasteiger partial charge is 0.573 e. The molecule has 3 heterocycles. The minimum absolute atomic E-state index is 0.151. The summed E-state index contributed by atoms with van der Waals surface area (Å²) in [5, 5.41) is 6.43. The van der Waals surface area contributed by atoms with Crippen molar-refractivity contribution in [3.8, 4) is 5.75 Å². The van der Waals surface area contributed by atoms with Crippen LogP contribution >= 0.6 is 0 Å². The summed E-state index contributed by atoms with van der Waals surface area (Å²) in [5.74, 6) is -0.915. The van der Waals surface area contributed by atoms with E-state index >= 15 is 0 Å². The van der Waals surface area contributed by atoms with Gasteiger partial charge in [-0.3, -0.25) is 4.98 Å². The predicted octanol–water partition coefficient (Wildman–Crippen LogP) is 5.60. The molecule has 0 saturated carbocycles. The van der Waals surface area contributed by atoms with E-state index in [0.717, 1.165) is 65.6 Å². The summed E-state index contributed by atoms with van der Waals surface area (Å²) in [6, 6.07) is 13.5. The number of hydrogen-bond acceptors (Lipinski definition) is 6. The number of pyridine rings is 2. The molecule has 2 aromatic carbocycles. The first-order chi connectivity index (χ1) is 17.9. The Morgan fingerprint density at radius 1 is 1.00 bits per heavy atom. The molecule has 0 spiro atoms. The minimum Gasteiger partial charge on any atom is -0.403 e. The highest BCUT2D eigenvalue weighted by Crippen LogP contribution is 2.33. The van der Waals surface area contributed by atoms with Gasteiger partial charge in [0.05, 0.1) is 11.6 Å². The number of halogens is 4. The van der Waals surface area contributed by atoms with Crippen molar-refractivity contribution in [2.24, 2.45) is 0 Å². The first kappa shape index (κ1) is 25.2. The fraction of sp³-hybridized carbons (Fsp3) is 0.333. The van der Waals surface area contributed by atoms with Gasteiger partial charge in [-0.25, -0.2) is 9.37 Å². The Kier molecular flexibility index (Phi) is 7.38. The van der Waals surface area contributed by atoms with Crippen LogP contribution in [0.2, 0.25) is 0 Å². The van der Waals surface area contributed by atoms with Gasteiger partial charge in [0.1, 0.15) is 5.82 Å². The van der Waals surface area contributed by atoms with Crippen LogP contribution < -0.4 is 15.0 Å². The van der Waals surface area contributed by atoms with Crippen molar-refractivity contribution < 1.29 is 27.0 Å². The number of fused-ring (bicyclic) bond motifs is 3. The number of rotatable bonds is 10. The minimum atomic E-state index is -4.92. The lowest BCUT2D eigenvalue weighted by atomic mass is 10.1. The van der Waals surface area contributed by atoms with Crippen molar-refractivity contribution in [3.05, 3.63) is 72.3 Å². The SMILES string of the molecule is Fc1cc(CNCCCCOC2CN(c3nc4ccccc4c4cnccc34)C2)ccc1OC(F)(F)F. The smallest absolute Gasteiger partial charge is 0.403 e. The molecule has 1 aliphatic heterocycles. The van der Waals surface area contributed by atoms with Crippen LogP contribution in [-0.4, -0.2) is 48.7 Å². The first-order valence-corrected chi connectivity index (χ1v) is 12.1. The van der Waals surface area contributed by atoms with Crippen molar-refractivity contribution in [1.29, 1.82) is 0 Å². The standard InChI is InChI=1S/C27H26F4N4O2/c28-23-13-18(7-8-25(23)37-27(29,30)31)14-32-10-3-4-12-36-19-16-35(17-19)26-21-9-11-33-15-22(21)20-5-1-2-6-24(20)34-26/h1-2,5-9,11,13,15,19,32H,3-4,10,12,14,16-17H2. The number of benzene rings is 2. The zero-order valence-electron chi connectivity index (χ0n) is 20.0.